The Kier molecular flexibility index (Phi) is 8.56. The van der Waals surface area contributed by atoms with E-state index in [2.05, 4.69) is 48.5 Å². The SMILES string of the molecule is Nc1nc2ncc(CNc3ccc(C(=O)N[C@@H](CCC(=O)NCCS)C(=O)O)cc3)nc2c(=O)[nH]1. The van der Waals surface area contributed by atoms with Gasteiger partial charge in [0.2, 0.25) is 11.9 Å². The third-order valence-electron chi connectivity index (χ3n) is 4.80. The molecule has 0 saturated heterocycles. The van der Waals surface area contributed by atoms with Gasteiger partial charge in [-0.1, -0.05) is 0 Å². The first-order valence-corrected chi connectivity index (χ1v) is 11.2. The number of nitrogen functional groups attached to an aromatic ring is 1. The van der Waals surface area contributed by atoms with E-state index < -0.39 is 23.5 Å². The van der Waals surface area contributed by atoms with Crippen LogP contribution >= 0.6 is 12.6 Å². The highest BCUT2D eigenvalue weighted by atomic mass is 32.1. The van der Waals surface area contributed by atoms with Gasteiger partial charge < -0.3 is 26.8 Å². The zero-order valence-electron chi connectivity index (χ0n) is 18.4. The van der Waals surface area contributed by atoms with Crippen LogP contribution in [0.25, 0.3) is 11.2 Å². The van der Waals surface area contributed by atoms with Crippen LogP contribution in [0.2, 0.25) is 0 Å². The molecule has 2 amide bonds. The molecular formula is C21H24N8O5S. The number of carbonyl (C=O) groups excluding carboxylic acids is 2. The minimum absolute atomic E-state index is 0.0408. The summed E-state index contributed by atoms with van der Waals surface area (Å²) in [6, 6.07) is 5.12. The predicted molar refractivity (Wildman–Crippen MR) is 131 cm³/mol. The van der Waals surface area contributed by atoms with Crippen molar-refractivity contribution in [3.63, 3.8) is 0 Å². The standard InChI is InChI=1S/C21H24N8O5S/c22-21-28-17-16(19(32)29-21)26-13(10-25-17)9-24-12-3-1-11(2-4-12)18(31)27-14(20(33)34)5-6-15(30)23-7-8-35/h1-4,10,14,24,35H,5-9H2,(H,23,30)(H,27,31)(H,33,34)(H3,22,25,28,29,32)/t14-/m0/s1. The van der Waals surface area contributed by atoms with Crippen molar-refractivity contribution >= 4 is 53.2 Å². The molecular weight excluding hydrogens is 476 g/mol. The molecule has 0 bridgehead atoms. The number of hydrogen-bond acceptors (Lipinski definition) is 10. The summed E-state index contributed by atoms with van der Waals surface area (Å²) in [4.78, 5) is 62.2. The van der Waals surface area contributed by atoms with Crippen molar-refractivity contribution in [3.05, 3.63) is 52.1 Å². The molecule has 35 heavy (non-hydrogen) atoms. The van der Waals surface area contributed by atoms with Crippen LogP contribution in [0, 0.1) is 0 Å². The number of benzene rings is 1. The van der Waals surface area contributed by atoms with Gasteiger partial charge in [-0.15, -0.1) is 0 Å². The maximum absolute atomic E-state index is 12.5. The molecule has 13 nitrogen and oxygen atoms in total. The fourth-order valence-corrected chi connectivity index (χ4v) is 3.16. The lowest BCUT2D eigenvalue weighted by molar-refractivity contribution is -0.139. The number of H-pyrrole nitrogens is 1. The van der Waals surface area contributed by atoms with Crippen molar-refractivity contribution in [2.75, 3.05) is 23.3 Å². The second-order valence-corrected chi connectivity index (χ2v) is 7.84. The van der Waals surface area contributed by atoms with Crippen molar-refractivity contribution in [2.45, 2.75) is 25.4 Å². The first-order valence-electron chi connectivity index (χ1n) is 10.5. The van der Waals surface area contributed by atoms with Crippen LogP contribution < -0.4 is 27.2 Å². The number of carboxylic acids is 1. The van der Waals surface area contributed by atoms with Crippen LogP contribution in [-0.2, 0) is 16.1 Å². The molecule has 3 rings (SSSR count). The monoisotopic (exact) mass is 500 g/mol. The van der Waals surface area contributed by atoms with Crippen molar-refractivity contribution in [3.8, 4) is 0 Å². The van der Waals surface area contributed by atoms with E-state index in [-0.39, 0.29) is 48.0 Å². The summed E-state index contributed by atoms with van der Waals surface area (Å²) < 4.78 is 0. The Hall–Kier alpha value is -4.20. The van der Waals surface area contributed by atoms with Crippen LogP contribution in [0.5, 0.6) is 0 Å². The van der Waals surface area contributed by atoms with Gasteiger partial charge in [-0.25, -0.2) is 14.8 Å². The second kappa shape index (κ2) is 11.8. The molecule has 184 valence electrons. The molecule has 2 aromatic heterocycles. The number of aromatic amines is 1. The summed E-state index contributed by atoms with van der Waals surface area (Å²) in [6.45, 7) is 0.624. The number of rotatable bonds is 11. The molecule has 7 N–H and O–H groups in total. The van der Waals surface area contributed by atoms with Crippen LogP contribution in [0.4, 0.5) is 11.6 Å². The minimum atomic E-state index is -1.23. The van der Waals surface area contributed by atoms with Crippen LogP contribution in [0.15, 0.2) is 35.3 Å². The Morgan fingerprint density at radius 2 is 1.91 bits per heavy atom. The highest BCUT2D eigenvalue weighted by Crippen LogP contribution is 2.12. The van der Waals surface area contributed by atoms with Gasteiger partial charge in [-0.05, 0) is 30.7 Å². The predicted octanol–water partition coefficient (Wildman–Crippen LogP) is -0.0834. The van der Waals surface area contributed by atoms with E-state index in [0.717, 1.165) is 0 Å². The smallest absolute Gasteiger partial charge is 0.326 e. The number of carbonyl (C=O) groups is 3. The van der Waals surface area contributed by atoms with E-state index in [4.69, 9.17) is 5.73 Å². The van der Waals surface area contributed by atoms with Gasteiger partial charge in [0.1, 0.15) is 6.04 Å². The molecule has 0 aliphatic carbocycles. The zero-order valence-corrected chi connectivity index (χ0v) is 19.3. The Morgan fingerprint density at radius 3 is 2.60 bits per heavy atom. The molecule has 0 aliphatic heterocycles. The summed E-state index contributed by atoms with van der Waals surface area (Å²) in [5.74, 6) is -1.69. The van der Waals surface area contributed by atoms with Gasteiger partial charge in [0.05, 0.1) is 18.4 Å². The van der Waals surface area contributed by atoms with E-state index >= 15 is 0 Å². The largest absolute Gasteiger partial charge is 0.480 e. The number of anilines is 2. The second-order valence-electron chi connectivity index (χ2n) is 7.39. The average molecular weight is 501 g/mol. The minimum Gasteiger partial charge on any atom is -0.480 e. The molecule has 0 saturated carbocycles. The number of thiol groups is 1. The summed E-state index contributed by atoms with van der Waals surface area (Å²) in [7, 11) is 0. The molecule has 0 aliphatic rings. The van der Waals surface area contributed by atoms with Crippen molar-refractivity contribution in [1.82, 2.24) is 30.6 Å². The van der Waals surface area contributed by atoms with Crippen molar-refractivity contribution in [2.24, 2.45) is 0 Å². The van der Waals surface area contributed by atoms with E-state index in [1.165, 1.54) is 18.3 Å². The summed E-state index contributed by atoms with van der Waals surface area (Å²) in [5.41, 5.74) is 6.60. The van der Waals surface area contributed by atoms with Crippen LogP contribution in [-0.4, -0.2) is 61.2 Å². The zero-order chi connectivity index (χ0) is 25.4. The summed E-state index contributed by atoms with van der Waals surface area (Å²) in [5, 5.41) is 17.5. The highest BCUT2D eigenvalue weighted by Gasteiger charge is 2.21. The number of carboxylic acid groups (broad SMARTS) is 1. The van der Waals surface area contributed by atoms with Gasteiger partial charge in [0.25, 0.3) is 11.5 Å². The number of amides is 2. The molecule has 0 radical (unpaired) electrons. The number of fused-ring (bicyclic) bond motifs is 1. The number of nitrogens with one attached hydrogen (secondary N) is 4. The summed E-state index contributed by atoms with van der Waals surface area (Å²) in [6.07, 6.45) is 1.38. The number of nitrogens with zero attached hydrogens (tertiary/aromatic N) is 3. The van der Waals surface area contributed by atoms with Crippen molar-refractivity contribution < 1.29 is 19.5 Å². The van der Waals surface area contributed by atoms with Crippen LogP contribution in [0.1, 0.15) is 28.9 Å². The molecule has 0 spiro atoms. The third kappa shape index (κ3) is 7.14. The van der Waals surface area contributed by atoms with E-state index in [1.54, 1.807) is 12.1 Å². The van der Waals surface area contributed by atoms with Gasteiger partial charge in [0, 0.05) is 30.0 Å². The highest BCUT2D eigenvalue weighted by molar-refractivity contribution is 7.80. The van der Waals surface area contributed by atoms with Crippen molar-refractivity contribution in [1.29, 1.82) is 0 Å². The average Bonchev–Trinajstić information content (AvgIpc) is 2.84. The van der Waals surface area contributed by atoms with Gasteiger partial charge in [0.15, 0.2) is 11.2 Å². The van der Waals surface area contributed by atoms with E-state index in [0.29, 0.717) is 23.7 Å². The Balaban J connectivity index is 1.57. The van der Waals surface area contributed by atoms with Gasteiger partial charge in [-0.3, -0.25) is 19.4 Å². The van der Waals surface area contributed by atoms with Gasteiger partial charge >= 0.3 is 5.97 Å². The Morgan fingerprint density at radius 1 is 1.17 bits per heavy atom. The fraction of sp³-hybridized carbons (Fsp3) is 0.286. The molecule has 3 aromatic rings. The third-order valence-corrected chi connectivity index (χ3v) is 5.03. The number of hydrogen-bond donors (Lipinski definition) is 7. The topological polar surface area (TPSA) is 205 Å². The Bertz CT molecular complexity index is 1280. The first kappa shape index (κ1) is 25.4. The number of aromatic nitrogens is 4. The Labute approximate surface area is 204 Å². The normalized spacial score (nSPS) is 11.6. The quantitative estimate of drug-likeness (QED) is 0.174. The van der Waals surface area contributed by atoms with E-state index in [1.807, 2.05) is 0 Å². The molecule has 14 heteroatoms. The molecule has 2 heterocycles. The first-order chi connectivity index (χ1) is 16.8. The molecule has 0 unspecified atom stereocenters. The summed E-state index contributed by atoms with van der Waals surface area (Å²) >= 11 is 3.99. The molecule has 1 atom stereocenters. The lowest BCUT2D eigenvalue weighted by Gasteiger charge is -2.15. The molecule has 0 fully saturated rings. The maximum atomic E-state index is 12.5. The number of aliphatic carboxylic acids is 1. The van der Waals surface area contributed by atoms with Gasteiger partial charge in [-0.2, -0.15) is 17.6 Å². The number of nitrogens with two attached hydrogens (primary N) is 1. The fourth-order valence-electron chi connectivity index (χ4n) is 3.05. The van der Waals surface area contributed by atoms with E-state index in [9.17, 15) is 24.3 Å². The molecule has 1 aromatic carbocycles. The maximum Gasteiger partial charge on any atom is 0.326 e. The van der Waals surface area contributed by atoms with Crippen LogP contribution in [0.3, 0.4) is 0 Å². The lowest BCUT2D eigenvalue weighted by Crippen LogP contribution is -2.41. The lowest BCUT2D eigenvalue weighted by atomic mass is 10.1.